The van der Waals surface area contributed by atoms with Crippen LogP contribution < -0.4 is 10.9 Å². The summed E-state index contributed by atoms with van der Waals surface area (Å²) < 4.78 is 6.98. The topological polar surface area (TPSA) is 77.1 Å². The Morgan fingerprint density at radius 1 is 1.29 bits per heavy atom. The first kappa shape index (κ1) is 20.1. The molecular weight excluding hydrogens is 430 g/mol. The minimum atomic E-state index is -0.228. The highest BCUT2D eigenvalue weighted by Crippen LogP contribution is 2.44. The van der Waals surface area contributed by atoms with Crippen LogP contribution in [0.4, 0.5) is 0 Å². The number of nitrogens with zero attached hydrogens (tertiary/aromatic N) is 2. The number of amides is 1. The van der Waals surface area contributed by atoms with E-state index in [1.807, 2.05) is 43.3 Å². The van der Waals surface area contributed by atoms with E-state index in [1.165, 1.54) is 23.1 Å². The third-order valence-electron chi connectivity index (χ3n) is 5.32. The average molecular weight is 452 g/mol. The number of hydrogen-bond donors (Lipinski definition) is 1. The average Bonchev–Trinajstić information content (AvgIpc) is 3.29. The molecule has 6 nitrogen and oxygen atoms in total. The van der Waals surface area contributed by atoms with Crippen molar-refractivity contribution in [2.45, 2.75) is 36.9 Å². The Kier molecular flexibility index (Phi) is 5.41. The molecule has 1 atom stereocenters. The lowest BCUT2D eigenvalue weighted by Crippen LogP contribution is -2.28. The van der Waals surface area contributed by atoms with E-state index >= 15 is 0 Å². The van der Waals surface area contributed by atoms with E-state index in [2.05, 4.69) is 10.7 Å². The van der Waals surface area contributed by atoms with E-state index in [9.17, 15) is 9.59 Å². The molecule has 1 saturated carbocycles. The Bertz CT molecular complexity index is 1270. The van der Waals surface area contributed by atoms with Crippen LogP contribution in [0.1, 0.15) is 43.0 Å². The highest BCUT2D eigenvalue weighted by atomic mass is 32.2. The molecule has 31 heavy (non-hydrogen) atoms. The number of carbonyl (C=O) groups excluding carboxylic acids is 1. The van der Waals surface area contributed by atoms with Gasteiger partial charge in [-0.25, -0.2) is 4.98 Å². The third-order valence-corrected chi connectivity index (χ3v) is 7.15. The molecule has 1 N–H and O–H groups in total. The van der Waals surface area contributed by atoms with Crippen LogP contribution >= 0.6 is 23.1 Å². The number of fused-ring (bicyclic) bond motifs is 1. The predicted molar refractivity (Wildman–Crippen MR) is 123 cm³/mol. The fraction of sp³-hybridized carbons (Fsp3) is 0.261. The normalized spacial score (nSPS) is 14.6. The van der Waals surface area contributed by atoms with Gasteiger partial charge in [0.25, 0.3) is 5.56 Å². The van der Waals surface area contributed by atoms with Crippen molar-refractivity contribution in [1.82, 2.24) is 14.9 Å². The van der Waals surface area contributed by atoms with Crippen molar-refractivity contribution < 1.29 is 9.21 Å². The van der Waals surface area contributed by atoms with Gasteiger partial charge in [0, 0.05) is 0 Å². The lowest BCUT2D eigenvalue weighted by atomic mass is 10.1. The zero-order valence-electron chi connectivity index (χ0n) is 16.9. The number of furan rings is 1. The molecule has 158 valence electrons. The van der Waals surface area contributed by atoms with E-state index in [0.717, 1.165) is 34.3 Å². The van der Waals surface area contributed by atoms with Crippen molar-refractivity contribution in [3.8, 4) is 5.69 Å². The van der Waals surface area contributed by atoms with Gasteiger partial charge in [0.05, 0.1) is 29.1 Å². The van der Waals surface area contributed by atoms with E-state index in [1.54, 1.807) is 16.9 Å². The number of aromatic nitrogens is 2. The zero-order chi connectivity index (χ0) is 21.4. The first-order chi connectivity index (χ1) is 15.1. The monoisotopic (exact) mass is 451 g/mol. The fourth-order valence-electron chi connectivity index (χ4n) is 3.61. The van der Waals surface area contributed by atoms with Crippen LogP contribution in [-0.4, -0.2) is 21.2 Å². The Hall–Kier alpha value is -2.84. The second-order valence-electron chi connectivity index (χ2n) is 7.61. The highest BCUT2D eigenvalue weighted by molar-refractivity contribution is 7.99. The number of thiophene rings is 1. The summed E-state index contributed by atoms with van der Waals surface area (Å²) in [5.41, 5.74) is 1.80. The lowest BCUT2D eigenvalue weighted by molar-refractivity contribution is -0.119. The van der Waals surface area contributed by atoms with Gasteiger partial charge < -0.3 is 9.73 Å². The SMILES string of the molecule is CC(NC(=O)CSc1nc2scc(C3CC3)c2c(=O)n1-c1ccccc1)c1ccco1. The summed E-state index contributed by atoms with van der Waals surface area (Å²) in [6.45, 7) is 1.87. The van der Waals surface area contributed by atoms with Crippen LogP contribution in [0.2, 0.25) is 0 Å². The second kappa shape index (κ2) is 8.36. The number of carbonyl (C=O) groups is 1. The van der Waals surface area contributed by atoms with Crippen LogP contribution in [0, 0.1) is 0 Å². The van der Waals surface area contributed by atoms with Gasteiger partial charge >= 0.3 is 0 Å². The Balaban J connectivity index is 1.46. The maximum Gasteiger partial charge on any atom is 0.267 e. The molecule has 3 aromatic heterocycles. The summed E-state index contributed by atoms with van der Waals surface area (Å²) >= 11 is 2.77. The molecule has 0 saturated heterocycles. The van der Waals surface area contributed by atoms with Gasteiger partial charge in [0.2, 0.25) is 5.91 Å². The molecule has 1 fully saturated rings. The van der Waals surface area contributed by atoms with Crippen LogP contribution in [0.5, 0.6) is 0 Å². The van der Waals surface area contributed by atoms with Crippen LogP contribution in [-0.2, 0) is 4.79 Å². The van der Waals surface area contributed by atoms with Gasteiger partial charge in [0.15, 0.2) is 5.16 Å². The zero-order valence-corrected chi connectivity index (χ0v) is 18.5. The minimum Gasteiger partial charge on any atom is -0.467 e. The fourth-order valence-corrected chi connectivity index (χ4v) is 5.50. The summed E-state index contributed by atoms with van der Waals surface area (Å²) in [4.78, 5) is 31.6. The third kappa shape index (κ3) is 4.05. The Labute approximate surface area is 187 Å². The van der Waals surface area contributed by atoms with Crippen molar-refractivity contribution in [2.24, 2.45) is 0 Å². The van der Waals surface area contributed by atoms with Crippen LogP contribution in [0.15, 0.2) is 68.5 Å². The quantitative estimate of drug-likeness (QED) is 0.320. The van der Waals surface area contributed by atoms with Crippen LogP contribution in [0.3, 0.4) is 0 Å². The van der Waals surface area contributed by atoms with Crippen molar-refractivity contribution in [1.29, 1.82) is 0 Å². The summed E-state index contributed by atoms with van der Waals surface area (Å²) in [5.74, 6) is 1.18. The molecule has 5 rings (SSSR count). The molecule has 0 aliphatic heterocycles. The van der Waals surface area contributed by atoms with Crippen molar-refractivity contribution in [3.63, 3.8) is 0 Å². The lowest BCUT2D eigenvalue weighted by Gasteiger charge is -2.14. The number of nitrogens with one attached hydrogen (secondary N) is 1. The van der Waals surface area contributed by atoms with E-state index in [4.69, 9.17) is 9.40 Å². The maximum atomic E-state index is 13.5. The predicted octanol–water partition coefficient (Wildman–Crippen LogP) is 4.89. The molecular formula is C23H21N3O3S2. The molecule has 8 heteroatoms. The number of rotatable bonds is 7. The van der Waals surface area contributed by atoms with Crippen LogP contribution in [0.25, 0.3) is 15.9 Å². The summed E-state index contributed by atoms with van der Waals surface area (Å²) in [6.07, 6.45) is 3.84. The summed E-state index contributed by atoms with van der Waals surface area (Å²) in [5, 5.41) is 6.23. The Morgan fingerprint density at radius 3 is 2.81 bits per heavy atom. The molecule has 0 spiro atoms. The Morgan fingerprint density at radius 2 is 2.10 bits per heavy atom. The molecule has 1 aromatic carbocycles. The van der Waals surface area contributed by atoms with Gasteiger partial charge in [0.1, 0.15) is 10.6 Å². The molecule has 1 unspecified atom stereocenters. The van der Waals surface area contributed by atoms with Gasteiger partial charge in [-0.3, -0.25) is 14.2 Å². The highest BCUT2D eigenvalue weighted by Gasteiger charge is 2.29. The molecule has 1 aliphatic rings. The number of thioether (sulfide) groups is 1. The second-order valence-corrected chi connectivity index (χ2v) is 9.41. The van der Waals surface area contributed by atoms with Gasteiger partial charge in [-0.2, -0.15) is 0 Å². The largest absolute Gasteiger partial charge is 0.467 e. The number of hydrogen-bond acceptors (Lipinski definition) is 6. The first-order valence-corrected chi connectivity index (χ1v) is 12.0. The standard InChI is InChI=1S/C23H21N3O3S2/c1-14(18-8-5-11-29-18)24-19(27)13-31-23-25-21-20(17(12-30-21)15-9-10-15)22(28)26(23)16-6-3-2-4-7-16/h2-8,11-12,14-15H,9-10,13H2,1H3,(H,24,27). The molecule has 4 aromatic rings. The van der Waals surface area contributed by atoms with Crippen molar-refractivity contribution >= 4 is 39.2 Å². The van der Waals surface area contributed by atoms with E-state index < -0.39 is 0 Å². The van der Waals surface area contributed by atoms with E-state index in [0.29, 0.717) is 16.8 Å². The molecule has 3 heterocycles. The molecule has 1 amide bonds. The first-order valence-electron chi connectivity index (χ1n) is 10.2. The maximum absolute atomic E-state index is 13.5. The van der Waals surface area contributed by atoms with Crippen molar-refractivity contribution in [2.75, 3.05) is 5.75 Å². The van der Waals surface area contributed by atoms with E-state index in [-0.39, 0.29) is 23.3 Å². The number of para-hydroxylation sites is 1. The molecule has 0 bridgehead atoms. The van der Waals surface area contributed by atoms with Gasteiger partial charge in [-0.05, 0) is 60.9 Å². The summed E-state index contributed by atoms with van der Waals surface area (Å²) in [6, 6.07) is 12.9. The molecule has 0 radical (unpaired) electrons. The summed E-state index contributed by atoms with van der Waals surface area (Å²) in [7, 11) is 0. The van der Waals surface area contributed by atoms with Crippen molar-refractivity contribution in [3.05, 3.63) is 75.8 Å². The van der Waals surface area contributed by atoms with Gasteiger partial charge in [-0.15, -0.1) is 11.3 Å². The minimum absolute atomic E-state index is 0.0637. The number of benzene rings is 1. The molecule has 1 aliphatic carbocycles. The van der Waals surface area contributed by atoms with Gasteiger partial charge in [-0.1, -0.05) is 30.0 Å². The smallest absolute Gasteiger partial charge is 0.267 e.